The first-order chi connectivity index (χ1) is 13.5. The lowest BCUT2D eigenvalue weighted by Crippen LogP contribution is -1.97. The van der Waals surface area contributed by atoms with Crippen molar-refractivity contribution in [2.75, 3.05) is 7.11 Å². The fourth-order valence-corrected chi connectivity index (χ4v) is 3.16. The molecular weight excluding hydrogens is 351 g/mol. The van der Waals surface area contributed by atoms with Crippen LogP contribution in [0.3, 0.4) is 0 Å². The molecule has 0 unspecified atom stereocenters. The van der Waals surface area contributed by atoms with Gasteiger partial charge in [-0.15, -0.1) is 0 Å². The Balaban J connectivity index is 2.27. The molecule has 0 aliphatic carbocycles. The summed E-state index contributed by atoms with van der Waals surface area (Å²) in [6, 6.07) is 14.8. The lowest BCUT2D eigenvalue weighted by molar-refractivity contribution is 0.386. The van der Waals surface area contributed by atoms with Crippen LogP contribution >= 0.6 is 0 Å². The summed E-state index contributed by atoms with van der Waals surface area (Å²) in [4.78, 5) is 4.82. The summed E-state index contributed by atoms with van der Waals surface area (Å²) in [5, 5.41) is 9.21. The number of aromatic nitrogens is 1. The molecule has 28 heavy (non-hydrogen) atoms. The number of ether oxygens (including phenoxy) is 1. The number of methoxy groups -OCH3 is 1. The van der Waals surface area contributed by atoms with E-state index in [9.17, 15) is 9.65 Å². The highest BCUT2D eigenvalue weighted by atomic mass is 19.1. The zero-order valence-electron chi connectivity index (χ0n) is 16.4. The maximum atomic E-state index is 14.4. The number of pyridine rings is 1. The fraction of sp³-hybridized carbons (Fsp3) is 0.167. The average Bonchev–Trinajstić information content (AvgIpc) is 2.69. The molecule has 0 amide bonds. The Morgan fingerprint density at radius 3 is 2.39 bits per heavy atom. The maximum Gasteiger partial charge on any atom is 0.165 e. The second kappa shape index (κ2) is 8.06. The van der Waals surface area contributed by atoms with E-state index in [1.54, 1.807) is 18.2 Å². The standard InChI is InChI=1S/C24H21FN2O/c1-5-6-22-16(3)12-20(17-7-8-19(14-26)15(2)11-17)24(27-22)18-9-10-23(28-4)21(25)13-18/h5-13H,1-4H3/b6-5-. The van der Waals surface area contributed by atoms with Crippen LogP contribution in [0.2, 0.25) is 0 Å². The molecule has 0 atom stereocenters. The molecule has 0 spiro atoms. The van der Waals surface area contributed by atoms with Gasteiger partial charge in [0.2, 0.25) is 0 Å². The monoisotopic (exact) mass is 372 g/mol. The largest absolute Gasteiger partial charge is 0.494 e. The second-order valence-electron chi connectivity index (χ2n) is 6.58. The predicted octanol–water partition coefficient (Wildman–Crippen LogP) is 6.08. The zero-order valence-corrected chi connectivity index (χ0v) is 16.4. The summed E-state index contributed by atoms with van der Waals surface area (Å²) in [6.07, 6.45) is 3.87. The summed E-state index contributed by atoms with van der Waals surface area (Å²) in [5.74, 6) is -0.239. The minimum absolute atomic E-state index is 0.195. The molecule has 0 saturated heterocycles. The second-order valence-corrected chi connectivity index (χ2v) is 6.58. The lowest BCUT2D eigenvalue weighted by Gasteiger charge is -2.14. The highest BCUT2D eigenvalue weighted by molar-refractivity contribution is 5.83. The summed E-state index contributed by atoms with van der Waals surface area (Å²) in [6.45, 7) is 5.84. The van der Waals surface area contributed by atoms with Gasteiger partial charge in [-0.05, 0) is 73.9 Å². The third-order valence-electron chi connectivity index (χ3n) is 4.66. The third-order valence-corrected chi connectivity index (χ3v) is 4.66. The minimum atomic E-state index is -0.433. The van der Waals surface area contributed by atoms with E-state index in [2.05, 4.69) is 12.1 Å². The third kappa shape index (κ3) is 3.65. The van der Waals surface area contributed by atoms with Gasteiger partial charge in [-0.3, -0.25) is 0 Å². The molecule has 0 aliphatic rings. The van der Waals surface area contributed by atoms with E-state index in [4.69, 9.17) is 9.72 Å². The highest BCUT2D eigenvalue weighted by Crippen LogP contribution is 2.35. The van der Waals surface area contributed by atoms with Crippen molar-refractivity contribution >= 4 is 6.08 Å². The fourth-order valence-electron chi connectivity index (χ4n) is 3.16. The van der Waals surface area contributed by atoms with Crippen LogP contribution in [0.5, 0.6) is 5.75 Å². The molecule has 1 aromatic heterocycles. The molecule has 1 heterocycles. The van der Waals surface area contributed by atoms with E-state index in [1.807, 2.05) is 45.1 Å². The summed E-state index contributed by atoms with van der Waals surface area (Å²) >= 11 is 0. The first kappa shape index (κ1) is 19.3. The van der Waals surface area contributed by atoms with Crippen molar-refractivity contribution in [1.82, 2.24) is 4.98 Å². The van der Waals surface area contributed by atoms with Crippen LogP contribution in [-0.4, -0.2) is 12.1 Å². The number of allylic oxidation sites excluding steroid dienone is 1. The van der Waals surface area contributed by atoms with Gasteiger partial charge in [0, 0.05) is 11.1 Å². The van der Waals surface area contributed by atoms with E-state index in [1.165, 1.54) is 13.2 Å². The number of aryl methyl sites for hydroxylation is 2. The van der Waals surface area contributed by atoms with Crippen molar-refractivity contribution in [2.45, 2.75) is 20.8 Å². The molecule has 0 aliphatic heterocycles. The molecule has 3 rings (SSSR count). The van der Waals surface area contributed by atoms with Gasteiger partial charge in [0.25, 0.3) is 0 Å². The van der Waals surface area contributed by atoms with Gasteiger partial charge in [-0.1, -0.05) is 18.2 Å². The molecule has 0 radical (unpaired) electrons. The molecule has 140 valence electrons. The molecule has 3 aromatic rings. The summed E-state index contributed by atoms with van der Waals surface area (Å²) in [5.41, 5.74) is 6.56. The topological polar surface area (TPSA) is 45.9 Å². The van der Waals surface area contributed by atoms with Gasteiger partial charge in [0.1, 0.15) is 0 Å². The highest BCUT2D eigenvalue weighted by Gasteiger charge is 2.15. The Morgan fingerprint density at radius 1 is 1.04 bits per heavy atom. The maximum absolute atomic E-state index is 14.4. The van der Waals surface area contributed by atoms with E-state index in [-0.39, 0.29) is 5.75 Å². The first-order valence-electron chi connectivity index (χ1n) is 8.97. The van der Waals surface area contributed by atoms with Gasteiger partial charge in [0.15, 0.2) is 11.6 Å². The predicted molar refractivity (Wildman–Crippen MR) is 111 cm³/mol. The minimum Gasteiger partial charge on any atom is -0.494 e. The van der Waals surface area contributed by atoms with Gasteiger partial charge in [-0.25, -0.2) is 9.37 Å². The summed E-state index contributed by atoms with van der Waals surface area (Å²) < 4.78 is 19.4. The van der Waals surface area contributed by atoms with E-state index < -0.39 is 5.82 Å². The average molecular weight is 372 g/mol. The van der Waals surface area contributed by atoms with Gasteiger partial charge >= 0.3 is 0 Å². The molecule has 0 saturated carbocycles. The number of hydrogen-bond acceptors (Lipinski definition) is 3. The van der Waals surface area contributed by atoms with Crippen molar-refractivity contribution in [3.63, 3.8) is 0 Å². The Hall–Kier alpha value is -3.45. The van der Waals surface area contributed by atoms with E-state index in [0.717, 1.165) is 27.9 Å². The molecule has 3 nitrogen and oxygen atoms in total. The lowest BCUT2D eigenvalue weighted by atomic mass is 9.94. The van der Waals surface area contributed by atoms with Crippen LogP contribution in [0.4, 0.5) is 4.39 Å². The normalized spacial score (nSPS) is 10.9. The Morgan fingerprint density at radius 2 is 1.79 bits per heavy atom. The van der Waals surface area contributed by atoms with Gasteiger partial charge < -0.3 is 4.74 Å². The number of benzene rings is 2. The summed E-state index contributed by atoms with van der Waals surface area (Å²) in [7, 11) is 1.44. The smallest absolute Gasteiger partial charge is 0.165 e. The van der Waals surface area contributed by atoms with E-state index in [0.29, 0.717) is 16.8 Å². The number of nitriles is 1. The van der Waals surface area contributed by atoms with Gasteiger partial charge in [-0.2, -0.15) is 5.26 Å². The molecule has 2 aromatic carbocycles. The first-order valence-corrected chi connectivity index (χ1v) is 8.97. The number of nitrogens with zero attached hydrogens (tertiary/aromatic N) is 2. The van der Waals surface area contributed by atoms with Gasteiger partial charge in [0.05, 0.1) is 30.1 Å². The van der Waals surface area contributed by atoms with Crippen molar-refractivity contribution < 1.29 is 9.13 Å². The Labute approximate surface area is 164 Å². The SMILES string of the molecule is C/C=C\c1nc(-c2ccc(OC)c(F)c2)c(-c2ccc(C#N)c(C)c2)cc1C. The van der Waals surface area contributed by atoms with Crippen LogP contribution in [0.1, 0.15) is 29.3 Å². The van der Waals surface area contributed by atoms with Crippen molar-refractivity contribution in [2.24, 2.45) is 0 Å². The van der Waals surface area contributed by atoms with Crippen LogP contribution in [0, 0.1) is 31.0 Å². The molecule has 0 fully saturated rings. The number of rotatable bonds is 4. The number of halogens is 1. The van der Waals surface area contributed by atoms with Crippen LogP contribution in [-0.2, 0) is 0 Å². The molecule has 0 N–H and O–H groups in total. The Bertz CT molecular complexity index is 1110. The number of hydrogen-bond donors (Lipinski definition) is 0. The van der Waals surface area contributed by atoms with Crippen LogP contribution in [0.15, 0.2) is 48.5 Å². The quantitative estimate of drug-likeness (QED) is 0.557. The Kier molecular flexibility index (Phi) is 5.56. The molecule has 4 heteroatoms. The van der Waals surface area contributed by atoms with Crippen LogP contribution in [0.25, 0.3) is 28.5 Å². The molecule has 0 bridgehead atoms. The van der Waals surface area contributed by atoms with Crippen molar-refractivity contribution in [3.8, 4) is 34.2 Å². The van der Waals surface area contributed by atoms with E-state index >= 15 is 0 Å². The van der Waals surface area contributed by atoms with Crippen molar-refractivity contribution in [3.05, 3.63) is 76.7 Å². The molecular formula is C24H21FN2O. The van der Waals surface area contributed by atoms with Crippen LogP contribution < -0.4 is 4.74 Å². The van der Waals surface area contributed by atoms with Crippen molar-refractivity contribution in [1.29, 1.82) is 5.26 Å². The zero-order chi connectivity index (χ0) is 20.3.